The number of thiophene rings is 1. The van der Waals surface area contributed by atoms with E-state index in [1.54, 1.807) is 11.3 Å². The lowest BCUT2D eigenvalue weighted by molar-refractivity contribution is -0.131. The van der Waals surface area contributed by atoms with Crippen LogP contribution in [0.1, 0.15) is 28.8 Å². The molecule has 1 aromatic carbocycles. The van der Waals surface area contributed by atoms with Crippen molar-refractivity contribution < 1.29 is 14.3 Å². The summed E-state index contributed by atoms with van der Waals surface area (Å²) in [5.74, 6) is 0.654. The van der Waals surface area contributed by atoms with E-state index in [0.29, 0.717) is 25.3 Å². The number of likely N-dealkylation sites (tertiary alicyclic amines) is 1. The first-order valence-electron chi connectivity index (χ1n) is 9.41. The molecule has 7 heteroatoms. The standard InChI is InChI=1S/C21H25ClN2O3S/c1-14-10-17(11-15(2)21(14)22)27-13-19(25)23-16-5-7-24(8-6-16)20(26)12-18-4-3-9-28-18/h3-4,9-11,16H,5-8,12-13H2,1-2H3,(H,23,25). The molecule has 3 rings (SSSR count). The van der Waals surface area contributed by atoms with Crippen LogP contribution in [-0.2, 0) is 16.0 Å². The highest BCUT2D eigenvalue weighted by molar-refractivity contribution is 7.10. The molecule has 0 bridgehead atoms. The topological polar surface area (TPSA) is 58.6 Å². The van der Waals surface area contributed by atoms with E-state index in [0.717, 1.165) is 33.9 Å². The maximum Gasteiger partial charge on any atom is 0.258 e. The molecule has 1 fully saturated rings. The number of hydrogen-bond acceptors (Lipinski definition) is 4. The Morgan fingerprint density at radius 1 is 1.25 bits per heavy atom. The molecule has 1 N–H and O–H groups in total. The molecule has 2 heterocycles. The highest BCUT2D eigenvalue weighted by atomic mass is 35.5. The van der Waals surface area contributed by atoms with Gasteiger partial charge in [0.2, 0.25) is 5.91 Å². The Kier molecular flexibility index (Phi) is 6.97. The lowest BCUT2D eigenvalue weighted by Crippen LogP contribution is -2.47. The Morgan fingerprint density at radius 2 is 1.93 bits per heavy atom. The Labute approximate surface area is 174 Å². The SMILES string of the molecule is Cc1cc(OCC(=O)NC2CCN(C(=O)Cc3cccs3)CC2)cc(C)c1Cl. The molecule has 0 spiro atoms. The fourth-order valence-corrected chi connectivity index (χ4v) is 4.16. The van der Waals surface area contributed by atoms with Gasteiger partial charge in [0.25, 0.3) is 5.91 Å². The summed E-state index contributed by atoms with van der Waals surface area (Å²) in [4.78, 5) is 27.5. The summed E-state index contributed by atoms with van der Waals surface area (Å²) < 4.78 is 5.61. The number of ether oxygens (including phenoxy) is 1. The first kappa shape index (κ1) is 20.7. The number of benzene rings is 1. The molecule has 28 heavy (non-hydrogen) atoms. The van der Waals surface area contributed by atoms with Crippen LogP contribution in [0.5, 0.6) is 5.75 Å². The molecule has 1 saturated heterocycles. The number of carbonyl (C=O) groups is 2. The van der Waals surface area contributed by atoms with Crippen molar-refractivity contribution in [2.75, 3.05) is 19.7 Å². The van der Waals surface area contributed by atoms with Gasteiger partial charge in [0.1, 0.15) is 5.75 Å². The molecule has 2 amide bonds. The third kappa shape index (κ3) is 5.49. The molecule has 150 valence electrons. The number of aryl methyl sites for hydroxylation is 2. The second kappa shape index (κ2) is 9.43. The first-order chi connectivity index (χ1) is 13.4. The van der Waals surface area contributed by atoms with E-state index < -0.39 is 0 Å². The minimum atomic E-state index is -0.145. The summed E-state index contributed by atoms with van der Waals surface area (Å²) in [6, 6.07) is 7.69. The Balaban J connectivity index is 1.40. The van der Waals surface area contributed by atoms with Crippen molar-refractivity contribution in [2.45, 2.75) is 39.2 Å². The fraction of sp³-hybridized carbons (Fsp3) is 0.429. The van der Waals surface area contributed by atoms with E-state index in [9.17, 15) is 9.59 Å². The third-order valence-electron chi connectivity index (χ3n) is 4.90. The van der Waals surface area contributed by atoms with Crippen molar-refractivity contribution in [3.05, 3.63) is 50.7 Å². The van der Waals surface area contributed by atoms with Crippen LogP contribution in [0.4, 0.5) is 0 Å². The normalized spacial score (nSPS) is 14.8. The minimum absolute atomic E-state index is 0.0297. The second-order valence-electron chi connectivity index (χ2n) is 7.14. The lowest BCUT2D eigenvalue weighted by atomic mass is 10.0. The van der Waals surface area contributed by atoms with Gasteiger partial charge >= 0.3 is 0 Å². The molecule has 2 aromatic rings. The summed E-state index contributed by atoms with van der Waals surface area (Å²) in [6.07, 6.45) is 1.99. The summed E-state index contributed by atoms with van der Waals surface area (Å²) in [5, 5.41) is 5.71. The van der Waals surface area contributed by atoms with Crippen LogP contribution in [0.2, 0.25) is 5.02 Å². The second-order valence-corrected chi connectivity index (χ2v) is 8.55. The Morgan fingerprint density at radius 3 is 2.54 bits per heavy atom. The van der Waals surface area contributed by atoms with Gasteiger partial charge in [-0.2, -0.15) is 0 Å². The van der Waals surface area contributed by atoms with Gasteiger partial charge in [-0.05, 0) is 61.4 Å². The van der Waals surface area contributed by atoms with Crippen molar-refractivity contribution in [1.82, 2.24) is 10.2 Å². The van der Waals surface area contributed by atoms with Gasteiger partial charge in [-0.1, -0.05) is 17.7 Å². The van der Waals surface area contributed by atoms with Gasteiger partial charge in [-0.3, -0.25) is 9.59 Å². The Bertz CT molecular complexity index is 807. The number of piperidine rings is 1. The van der Waals surface area contributed by atoms with Gasteiger partial charge in [0, 0.05) is 29.0 Å². The number of hydrogen-bond donors (Lipinski definition) is 1. The van der Waals surface area contributed by atoms with Crippen LogP contribution in [0.3, 0.4) is 0 Å². The molecular weight excluding hydrogens is 396 g/mol. The van der Waals surface area contributed by atoms with Crippen molar-refractivity contribution >= 4 is 34.8 Å². The number of nitrogens with zero attached hydrogens (tertiary/aromatic N) is 1. The molecule has 1 aliphatic heterocycles. The number of halogens is 1. The van der Waals surface area contributed by atoms with Crippen LogP contribution >= 0.6 is 22.9 Å². The minimum Gasteiger partial charge on any atom is -0.484 e. The monoisotopic (exact) mass is 420 g/mol. The summed E-state index contributed by atoms with van der Waals surface area (Å²) in [5.41, 5.74) is 1.85. The highest BCUT2D eigenvalue weighted by Gasteiger charge is 2.24. The van der Waals surface area contributed by atoms with Crippen LogP contribution in [0.25, 0.3) is 0 Å². The Hall–Kier alpha value is -2.05. The van der Waals surface area contributed by atoms with E-state index in [1.807, 2.05) is 48.4 Å². The highest BCUT2D eigenvalue weighted by Crippen LogP contribution is 2.25. The van der Waals surface area contributed by atoms with Gasteiger partial charge in [-0.15, -0.1) is 11.3 Å². The smallest absolute Gasteiger partial charge is 0.258 e. The van der Waals surface area contributed by atoms with E-state index in [1.165, 1.54) is 0 Å². The fourth-order valence-electron chi connectivity index (χ4n) is 3.35. The molecule has 0 atom stereocenters. The van der Waals surface area contributed by atoms with Crippen molar-refractivity contribution in [1.29, 1.82) is 0 Å². The zero-order valence-corrected chi connectivity index (χ0v) is 17.7. The summed E-state index contributed by atoms with van der Waals surface area (Å²) >= 11 is 7.76. The van der Waals surface area contributed by atoms with E-state index >= 15 is 0 Å². The number of carbonyl (C=O) groups excluding carboxylic acids is 2. The molecule has 1 aromatic heterocycles. The first-order valence-corrected chi connectivity index (χ1v) is 10.7. The van der Waals surface area contributed by atoms with Crippen molar-refractivity contribution in [2.24, 2.45) is 0 Å². The lowest BCUT2D eigenvalue weighted by Gasteiger charge is -2.32. The van der Waals surface area contributed by atoms with E-state index in [-0.39, 0.29) is 24.5 Å². The van der Waals surface area contributed by atoms with Gasteiger partial charge in [-0.25, -0.2) is 0 Å². The van der Waals surface area contributed by atoms with Crippen LogP contribution in [0.15, 0.2) is 29.6 Å². The van der Waals surface area contributed by atoms with E-state index in [4.69, 9.17) is 16.3 Å². The molecule has 5 nitrogen and oxygen atoms in total. The third-order valence-corrected chi connectivity index (χ3v) is 6.37. The quantitative estimate of drug-likeness (QED) is 0.774. The van der Waals surface area contributed by atoms with Gasteiger partial charge < -0.3 is 15.0 Å². The maximum atomic E-state index is 12.3. The number of nitrogens with one attached hydrogen (secondary N) is 1. The predicted octanol–water partition coefficient (Wildman–Crippen LogP) is 3.75. The molecule has 0 aliphatic carbocycles. The van der Waals surface area contributed by atoms with E-state index in [2.05, 4.69) is 5.32 Å². The van der Waals surface area contributed by atoms with Crippen molar-refractivity contribution in [3.63, 3.8) is 0 Å². The largest absolute Gasteiger partial charge is 0.484 e. The summed E-state index contributed by atoms with van der Waals surface area (Å²) in [7, 11) is 0. The number of rotatable bonds is 6. The molecule has 0 saturated carbocycles. The van der Waals surface area contributed by atoms with Crippen LogP contribution in [-0.4, -0.2) is 42.5 Å². The van der Waals surface area contributed by atoms with Gasteiger partial charge in [0.05, 0.1) is 6.42 Å². The maximum absolute atomic E-state index is 12.3. The van der Waals surface area contributed by atoms with Crippen LogP contribution in [0, 0.1) is 13.8 Å². The average molecular weight is 421 g/mol. The van der Waals surface area contributed by atoms with Crippen LogP contribution < -0.4 is 10.1 Å². The number of amides is 2. The zero-order valence-electron chi connectivity index (χ0n) is 16.2. The summed E-state index contributed by atoms with van der Waals surface area (Å²) in [6.45, 7) is 5.14. The molecule has 1 aliphatic rings. The molecule has 0 unspecified atom stereocenters. The zero-order chi connectivity index (χ0) is 20.1. The van der Waals surface area contributed by atoms with Crippen molar-refractivity contribution in [3.8, 4) is 5.75 Å². The van der Waals surface area contributed by atoms with Gasteiger partial charge in [0.15, 0.2) is 6.61 Å². The predicted molar refractivity (Wildman–Crippen MR) is 112 cm³/mol. The average Bonchev–Trinajstić information content (AvgIpc) is 3.18. The molecular formula is C21H25ClN2O3S. The molecule has 0 radical (unpaired) electrons.